The summed E-state index contributed by atoms with van der Waals surface area (Å²) in [6.45, 7) is 1.57. The summed E-state index contributed by atoms with van der Waals surface area (Å²) >= 11 is 0. The van der Waals surface area contributed by atoms with Crippen molar-refractivity contribution in [1.29, 1.82) is 0 Å². The molecule has 0 aliphatic carbocycles. The van der Waals surface area contributed by atoms with Crippen LogP contribution in [0.15, 0.2) is 41.3 Å². The molecule has 2 rings (SSSR count). The molecule has 0 radical (unpaired) electrons. The highest BCUT2D eigenvalue weighted by Gasteiger charge is 2.17. The van der Waals surface area contributed by atoms with Crippen molar-refractivity contribution in [3.05, 3.63) is 52.1 Å². The molecular weight excluding hydrogens is 374 g/mol. The van der Waals surface area contributed by atoms with Crippen LogP contribution in [0.3, 0.4) is 0 Å². The number of benzene rings is 2. The molecule has 2 aromatic rings. The zero-order chi connectivity index (χ0) is 20.2. The molecule has 0 saturated carbocycles. The summed E-state index contributed by atoms with van der Waals surface area (Å²) in [6, 6.07) is 8.64. The number of aryl methyl sites for hydroxylation is 1. The Labute approximate surface area is 156 Å². The molecule has 1 amide bonds. The highest BCUT2D eigenvalue weighted by molar-refractivity contribution is 7.90. The molecule has 0 heterocycles. The van der Waals surface area contributed by atoms with E-state index in [1.165, 1.54) is 37.4 Å². The van der Waals surface area contributed by atoms with Crippen molar-refractivity contribution in [2.45, 2.75) is 11.8 Å². The summed E-state index contributed by atoms with van der Waals surface area (Å²) in [6.07, 6.45) is 1.09. The fourth-order valence-corrected chi connectivity index (χ4v) is 2.93. The van der Waals surface area contributed by atoms with Crippen molar-refractivity contribution in [2.24, 2.45) is 0 Å². The largest absolute Gasteiger partial charge is 0.496 e. The molecule has 0 spiro atoms. The minimum Gasteiger partial charge on any atom is -0.496 e. The highest BCUT2D eigenvalue weighted by atomic mass is 32.2. The second-order valence-electron chi connectivity index (χ2n) is 5.79. The van der Waals surface area contributed by atoms with Crippen LogP contribution in [0.4, 0.5) is 17.1 Å². The summed E-state index contributed by atoms with van der Waals surface area (Å²) < 4.78 is 28.2. The topological polar surface area (TPSA) is 128 Å². The van der Waals surface area contributed by atoms with E-state index in [9.17, 15) is 23.3 Å². The van der Waals surface area contributed by atoms with Crippen molar-refractivity contribution < 1.29 is 22.9 Å². The van der Waals surface area contributed by atoms with Gasteiger partial charge < -0.3 is 15.4 Å². The lowest BCUT2D eigenvalue weighted by atomic mass is 10.2. The van der Waals surface area contributed by atoms with Gasteiger partial charge in [-0.3, -0.25) is 14.9 Å². The third-order valence-corrected chi connectivity index (χ3v) is 4.86. The van der Waals surface area contributed by atoms with Crippen LogP contribution in [-0.4, -0.2) is 39.2 Å². The zero-order valence-electron chi connectivity index (χ0n) is 15.0. The van der Waals surface area contributed by atoms with E-state index < -0.39 is 20.7 Å². The van der Waals surface area contributed by atoms with Gasteiger partial charge in [-0.05, 0) is 36.8 Å². The normalized spacial score (nSPS) is 10.9. The molecule has 10 heteroatoms. The van der Waals surface area contributed by atoms with E-state index in [4.69, 9.17) is 4.74 Å². The quantitative estimate of drug-likeness (QED) is 0.546. The number of ether oxygens (including phenoxy) is 1. The van der Waals surface area contributed by atoms with Gasteiger partial charge in [0.15, 0.2) is 9.84 Å². The average molecular weight is 393 g/mol. The number of hydrogen-bond acceptors (Lipinski definition) is 7. The number of nitro benzene ring substituents is 1. The van der Waals surface area contributed by atoms with E-state index in [-0.39, 0.29) is 22.8 Å². The Kier molecular flexibility index (Phi) is 6.01. The van der Waals surface area contributed by atoms with Gasteiger partial charge in [0.1, 0.15) is 11.4 Å². The van der Waals surface area contributed by atoms with Crippen molar-refractivity contribution in [3.8, 4) is 5.75 Å². The van der Waals surface area contributed by atoms with Gasteiger partial charge in [-0.25, -0.2) is 8.42 Å². The average Bonchev–Trinajstić information content (AvgIpc) is 2.60. The fourth-order valence-electron chi connectivity index (χ4n) is 2.29. The number of sulfone groups is 1. The van der Waals surface area contributed by atoms with Crippen molar-refractivity contribution >= 4 is 32.8 Å². The van der Waals surface area contributed by atoms with Crippen LogP contribution in [-0.2, 0) is 14.6 Å². The molecule has 0 atom stereocenters. The summed E-state index contributed by atoms with van der Waals surface area (Å²) in [4.78, 5) is 22.8. The SMILES string of the molecule is COc1ccc(NC(=O)CNc2cc(S(C)(=O)=O)ccc2C)c([N+](=O)[O-])c1. The van der Waals surface area contributed by atoms with Crippen LogP contribution in [0.25, 0.3) is 0 Å². The number of anilines is 2. The van der Waals surface area contributed by atoms with Crippen LogP contribution in [0.2, 0.25) is 0 Å². The number of carbonyl (C=O) groups is 1. The molecule has 9 nitrogen and oxygen atoms in total. The van der Waals surface area contributed by atoms with Crippen molar-refractivity contribution in [2.75, 3.05) is 30.5 Å². The van der Waals surface area contributed by atoms with Gasteiger partial charge in [0.25, 0.3) is 5.69 Å². The second-order valence-corrected chi connectivity index (χ2v) is 7.81. The molecule has 2 aromatic carbocycles. The number of hydrogen-bond donors (Lipinski definition) is 2. The number of methoxy groups -OCH3 is 1. The van der Waals surface area contributed by atoms with Gasteiger partial charge in [-0.2, -0.15) is 0 Å². The van der Waals surface area contributed by atoms with Crippen LogP contribution in [0, 0.1) is 17.0 Å². The molecule has 0 saturated heterocycles. The summed E-state index contributed by atoms with van der Waals surface area (Å²) in [5, 5.41) is 16.5. The third-order valence-electron chi connectivity index (χ3n) is 3.75. The van der Waals surface area contributed by atoms with Crippen LogP contribution in [0.5, 0.6) is 5.75 Å². The van der Waals surface area contributed by atoms with Crippen molar-refractivity contribution in [1.82, 2.24) is 0 Å². The maximum absolute atomic E-state index is 12.2. The van der Waals surface area contributed by atoms with Gasteiger partial charge in [0.05, 0.1) is 29.5 Å². The first-order valence-electron chi connectivity index (χ1n) is 7.78. The predicted octanol–water partition coefficient (Wildman–Crippen LogP) is 2.37. The summed E-state index contributed by atoms with van der Waals surface area (Å²) in [5.41, 5.74) is 0.982. The van der Waals surface area contributed by atoms with Crippen LogP contribution < -0.4 is 15.4 Å². The lowest BCUT2D eigenvalue weighted by Crippen LogP contribution is -2.22. The molecule has 0 aliphatic heterocycles. The van der Waals surface area contributed by atoms with E-state index in [0.29, 0.717) is 11.4 Å². The minimum atomic E-state index is -3.38. The molecule has 0 bridgehead atoms. The van der Waals surface area contributed by atoms with Gasteiger partial charge >= 0.3 is 0 Å². The Hall–Kier alpha value is -3.14. The maximum atomic E-state index is 12.2. The van der Waals surface area contributed by atoms with E-state index in [0.717, 1.165) is 11.8 Å². The molecule has 27 heavy (non-hydrogen) atoms. The van der Waals surface area contributed by atoms with Gasteiger partial charge in [-0.15, -0.1) is 0 Å². The van der Waals surface area contributed by atoms with E-state index >= 15 is 0 Å². The number of carbonyl (C=O) groups excluding carboxylic acids is 1. The first kappa shape index (κ1) is 20.2. The summed E-state index contributed by atoms with van der Waals surface area (Å²) in [5.74, 6) is -0.224. The monoisotopic (exact) mass is 393 g/mol. The van der Waals surface area contributed by atoms with E-state index in [1.807, 2.05) is 0 Å². The first-order valence-corrected chi connectivity index (χ1v) is 9.68. The molecule has 0 unspecified atom stereocenters. The molecule has 0 fully saturated rings. The van der Waals surface area contributed by atoms with Crippen molar-refractivity contribution in [3.63, 3.8) is 0 Å². The van der Waals surface area contributed by atoms with Gasteiger partial charge in [0.2, 0.25) is 5.91 Å². The number of nitro groups is 1. The maximum Gasteiger partial charge on any atom is 0.296 e. The van der Waals surface area contributed by atoms with Gasteiger partial charge in [-0.1, -0.05) is 6.07 Å². The number of rotatable bonds is 7. The number of nitrogens with one attached hydrogen (secondary N) is 2. The molecular formula is C17H19N3O6S. The van der Waals surface area contributed by atoms with E-state index in [1.54, 1.807) is 13.0 Å². The standard InChI is InChI=1S/C17H19N3O6S/c1-11-4-6-13(27(3,24)25)9-15(11)18-10-17(21)19-14-7-5-12(26-2)8-16(14)20(22)23/h4-9,18H,10H2,1-3H3,(H,19,21). The van der Waals surface area contributed by atoms with Gasteiger partial charge in [0, 0.05) is 11.9 Å². The molecule has 2 N–H and O–H groups in total. The smallest absolute Gasteiger partial charge is 0.296 e. The lowest BCUT2D eigenvalue weighted by Gasteiger charge is -2.12. The molecule has 144 valence electrons. The Morgan fingerprint density at radius 2 is 1.89 bits per heavy atom. The second kappa shape index (κ2) is 8.04. The highest BCUT2D eigenvalue weighted by Crippen LogP contribution is 2.29. The Balaban J connectivity index is 2.13. The minimum absolute atomic E-state index is 0.0363. The third kappa shape index (κ3) is 5.17. The first-order chi connectivity index (χ1) is 12.6. The Morgan fingerprint density at radius 3 is 2.48 bits per heavy atom. The fraction of sp³-hybridized carbons (Fsp3) is 0.235. The number of nitrogens with zero attached hydrogens (tertiary/aromatic N) is 1. The summed E-state index contributed by atoms with van der Waals surface area (Å²) in [7, 11) is -2.00. The number of amides is 1. The van der Waals surface area contributed by atoms with E-state index in [2.05, 4.69) is 10.6 Å². The zero-order valence-corrected chi connectivity index (χ0v) is 15.8. The Morgan fingerprint density at radius 1 is 1.19 bits per heavy atom. The van der Waals surface area contributed by atoms with Crippen LogP contribution in [0.1, 0.15) is 5.56 Å². The predicted molar refractivity (Wildman–Crippen MR) is 101 cm³/mol. The van der Waals surface area contributed by atoms with Crippen LogP contribution >= 0.6 is 0 Å². The lowest BCUT2D eigenvalue weighted by molar-refractivity contribution is -0.384. The molecule has 0 aliphatic rings. The molecule has 0 aromatic heterocycles. The Bertz CT molecular complexity index is 988.